The minimum atomic E-state index is -0.581. The Kier molecular flexibility index (Phi) is 7.84. The fourth-order valence-electron chi connectivity index (χ4n) is 6.41. The summed E-state index contributed by atoms with van der Waals surface area (Å²) >= 11 is 0. The highest BCUT2D eigenvalue weighted by atomic mass is 16.2. The van der Waals surface area contributed by atoms with Crippen LogP contribution in [0.2, 0.25) is 0 Å². The average molecular weight is 441 g/mol. The first-order valence-corrected chi connectivity index (χ1v) is 12.6. The number of nitrogens with two attached hydrogens (primary N) is 1. The molecule has 4 unspecified atom stereocenters. The molecule has 3 N–H and O–H groups in total. The average Bonchev–Trinajstić information content (AvgIpc) is 3.25. The molecule has 1 aromatic rings. The summed E-state index contributed by atoms with van der Waals surface area (Å²) in [5.41, 5.74) is 7.12. The fraction of sp³-hybridized carbons (Fsp3) is 0.692. The van der Waals surface area contributed by atoms with E-state index in [1.807, 2.05) is 0 Å². The maximum Gasteiger partial charge on any atom is 0.235 e. The van der Waals surface area contributed by atoms with Crippen molar-refractivity contribution in [1.82, 2.24) is 15.1 Å². The molecular weight excluding hydrogens is 400 g/mol. The van der Waals surface area contributed by atoms with Gasteiger partial charge in [-0.25, -0.2) is 0 Å². The molecule has 1 saturated carbocycles. The quantitative estimate of drug-likeness (QED) is 0.651. The van der Waals surface area contributed by atoms with Crippen LogP contribution in [0.3, 0.4) is 0 Å². The highest BCUT2D eigenvalue weighted by Crippen LogP contribution is 2.37. The zero-order valence-electron chi connectivity index (χ0n) is 19.5. The number of piperidine rings is 1. The van der Waals surface area contributed by atoms with Gasteiger partial charge in [-0.3, -0.25) is 9.59 Å². The second-order valence-corrected chi connectivity index (χ2v) is 10.1. The molecule has 32 heavy (non-hydrogen) atoms. The van der Waals surface area contributed by atoms with Gasteiger partial charge in [0.25, 0.3) is 0 Å². The molecule has 2 heterocycles. The molecule has 4 rings (SSSR count). The number of fused-ring (bicyclic) bond motifs is 1. The van der Waals surface area contributed by atoms with Crippen molar-refractivity contribution < 1.29 is 9.59 Å². The fourth-order valence-corrected chi connectivity index (χ4v) is 6.41. The molecule has 6 heteroatoms. The summed E-state index contributed by atoms with van der Waals surface area (Å²) in [4.78, 5) is 30.9. The highest BCUT2D eigenvalue weighted by molar-refractivity contribution is 5.89. The van der Waals surface area contributed by atoms with Gasteiger partial charge < -0.3 is 20.9 Å². The minimum absolute atomic E-state index is 0.160. The van der Waals surface area contributed by atoms with Gasteiger partial charge in [-0.1, -0.05) is 49.6 Å². The largest absolute Gasteiger partial charge is 0.368 e. The van der Waals surface area contributed by atoms with Gasteiger partial charge in [-0.05, 0) is 63.1 Å². The molecule has 6 nitrogen and oxygen atoms in total. The number of rotatable bonds is 8. The number of carbonyl (C=O) groups is 2. The lowest BCUT2D eigenvalue weighted by Gasteiger charge is -2.41. The maximum absolute atomic E-state index is 14.0. The van der Waals surface area contributed by atoms with Crippen molar-refractivity contribution in [2.75, 3.05) is 33.2 Å². The topological polar surface area (TPSA) is 78.7 Å². The molecule has 0 spiro atoms. The first-order chi connectivity index (χ1) is 15.6. The number of primary amides is 1. The summed E-state index contributed by atoms with van der Waals surface area (Å²) in [7, 11) is 1.76. The number of hydrogen-bond donors (Lipinski definition) is 2. The van der Waals surface area contributed by atoms with Crippen LogP contribution in [-0.2, 0) is 16.0 Å². The number of nitrogens with one attached hydrogen (secondary N) is 1. The van der Waals surface area contributed by atoms with Gasteiger partial charge in [-0.2, -0.15) is 0 Å². The molecular formula is C26H40N4O2. The van der Waals surface area contributed by atoms with Gasteiger partial charge in [0, 0.05) is 25.7 Å². The van der Waals surface area contributed by atoms with E-state index < -0.39 is 11.9 Å². The maximum atomic E-state index is 14.0. The van der Waals surface area contributed by atoms with E-state index in [4.69, 9.17) is 5.73 Å². The first-order valence-electron chi connectivity index (χ1n) is 12.6. The lowest BCUT2D eigenvalue weighted by Crippen LogP contribution is -2.57. The molecule has 1 aromatic carbocycles. The van der Waals surface area contributed by atoms with E-state index in [0.717, 1.165) is 71.1 Å². The van der Waals surface area contributed by atoms with Gasteiger partial charge >= 0.3 is 0 Å². The van der Waals surface area contributed by atoms with Crippen molar-refractivity contribution in [2.24, 2.45) is 23.5 Å². The van der Waals surface area contributed by atoms with Crippen LogP contribution in [0.25, 0.3) is 0 Å². The molecule has 3 aliphatic rings. The molecule has 0 bridgehead atoms. The third kappa shape index (κ3) is 5.18. The zero-order valence-corrected chi connectivity index (χ0v) is 19.5. The van der Waals surface area contributed by atoms with E-state index >= 15 is 0 Å². The third-order valence-corrected chi connectivity index (χ3v) is 8.21. The van der Waals surface area contributed by atoms with E-state index in [1.165, 1.54) is 12.0 Å². The lowest BCUT2D eigenvalue weighted by molar-refractivity contribution is -0.144. The van der Waals surface area contributed by atoms with Crippen LogP contribution in [0.5, 0.6) is 0 Å². The number of nitrogens with zero attached hydrogens (tertiary/aromatic N) is 2. The Balaban J connectivity index is 1.45. The monoisotopic (exact) mass is 440 g/mol. The second-order valence-electron chi connectivity index (χ2n) is 10.1. The predicted molar refractivity (Wildman–Crippen MR) is 127 cm³/mol. The molecule has 4 atom stereocenters. The molecule has 2 amide bonds. The summed E-state index contributed by atoms with van der Waals surface area (Å²) < 4.78 is 0. The molecule has 0 aromatic heterocycles. The van der Waals surface area contributed by atoms with E-state index in [9.17, 15) is 9.59 Å². The highest BCUT2D eigenvalue weighted by Gasteiger charge is 2.46. The number of likely N-dealkylation sites (N-methyl/N-ethyl adjacent to an activating group) is 1. The number of likely N-dealkylation sites (tertiary alicyclic amines) is 2. The van der Waals surface area contributed by atoms with Gasteiger partial charge in [0.05, 0.1) is 12.0 Å². The first kappa shape index (κ1) is 23.2. The van der Waals surface area contributed by atoms with Crippen LogP contribution in [0.15, 0.2) is 30.3 Å². The number of hydrogen-bond acceptors (Lipinski definition) is 4. The molecule has 2 aliphatic heterocycles. The SMILES string of the molecule is CNC(C(N)=O)C(C(=O)N1CCC2CCN(CCc3ccccc3)CC21)C1CCCCC1. The molecule has 2 saturated heterocycles. The number of carbonyl (C=O) groups excluding carboxylic acids is 2. The minimum Gasteiger partial charge on any atom is -0.368 e. The van der Waals surface area contributed by atoms with E-state index in [0.29, 0.717) is 5.92 Å². The van der Waals surface area contributed by atoms with Crippen molar-refractivity contribution in [3.63, 3.8) is 0 Å². The van der Waals surface area contributed by atoms with Gasteiger partial charge in [-0.15, -0.1) is 0 Å². The van der Waals surface area contributed by atoms with Crippen LogP contribution < -0.4 is 11.1 Å². The van der Waals surface area contributed by atoms with E-state index in [-0.39, 0.29) is 23.8 Å². The summed E-state index contributed by atoms with van der Waals surface area (Å²) in [5.74, 6) is 0.252. The van der Waals surface area contributed by atoms with Crippen molar-refractivity contribution in [2.45, 2.75) is 63.5 Å². The van der Waals surface area contributed by atoms with Crippen molar-refractivity contribution in [1.29, 1.82) is 0 Å². The number of benzene rings is 1. The van der Waals surface area contributed by atoms with Crippen molar-refractivity contribution in [3.8, 4) is 0 Å². The number of amides is 2. The Bertz CT molecular complexity index is 764. The predicted octanol–water partition coefficient (Wildman–Crippen LogP) is 2.42. The van der Waals surface area contributed by atoms with Gasteiger partial charge in [0.1, 0.15) is 0 Å². The van der Waals surface area contributed by atoms with Crippen LogP contribution in [0.1, 0.15) is 50.5 Å². The Morgan fingerprint density at radius 3 is 2.47 bits per heavy atom. The van der Waals surface area contributed by atoms with Crippen LogP contribution in [0, 0.1) is 17.8 Å². The molecule has 0 radical (unpaired) electrons. The van der Waals surface area contributed by atoms with Crippen LogP contribution >= 0.6 is 0 Å². The van der Waals surface area contributed by atoms with Crippen LogP contribution in [0.4, 0.5) is 0 Å². The summed E-state index contributed by atoms with van der Waals surface area (Å²) in [5, 5.41) is 3.09. The third-order valence-electron chi connectivity index (χ3n) is 8.21. The summed E-state index contributed by atoms with van der Waals surface area (Å²) in [6, 6.07) is 10.3. The Labute approximate surface area is 192 Å². The summed E-state index contributed by atoms with van der Waals surface area (Å²) in [6.07, 6.45) is 8.83. The van der Waals surface area contributed by atoms with Gasteiger partial charge in [0.2, 0.25) is 11.8 Å². The smallest absolute Gasteiger partial charge is 0.235 e. The van der Waals surface area contributed by atoms with Crippen LogP contribution in [-0.4, -0.2) is 66.9 Å². The molecule has 1 aliphatic carbocycles. The zero-order chi connectivity index (χ0) is 22.5. The van der Waals surface area contributed by atoms with Crippen molar-refractivity contribution in [3.05, 3.63) is 35.9 Å². The normalized spacial score (nSPS) is 26.5. The van der Waals surface area contributed by atoms with Gasteiger partial charge in [0.15, 0.2) is 0 Å². The Morgan fingerprint density at radius 2 is 1.78 bits per heavy atom. The molecule has 3 fully saturated rings. The molecule has 176 valence electrons. The Hall–Kier alpha value is -1.92. The lowest BCUT2D eigenvalue weighted by atomic mass is 9.75. The van der Waals surface area contributed by atoms with E-state index in [1.54, 1.807) is 7.05 Å². The van der Waals surface area contributed by atoms with Crippen molar-refractivity contribution >= 4 is 11.8 Å². The Morgan fingerprint density at radius 1 is 1.06 bits per heavy atom. The standard InChI is InChI=1S/C26H40N4O2/c1-28-24(25(27)31)23(21-10-6-3-7-11-21)26(32)30-17-14-20-13-16-29(18-22(20)30)15-12-19-8-4-2-5-9-19/h2,4-5,8-9,20-24,28H,3,6-7,10-18H2,1H3,(H2,27,31). The summed E-state index contributed by atoms with van der Waals surface area (Å²) in [6.45, 7) is 3.91. The second kappa shape index (κ2) is 10.8. The van der Waals surface area contributed by atoms with E-state index in [2.05, 4.69) is 45.4 Å².